The van der Waals surface area contributed by atoms with Crippen molar-refractivity contribution in [2.45, 2.75) is 19.2 Å². The van der Waals surface area contributed by atoms with Crippen LogP contribution in [0.25, 0.3) is 11.0 Å². The predicted molar refractivity (Wildman–Crippen MR) is 110 cm³/mol. The Morgan fingerprint density at radius 2 is 1.90 bits per heavy atom. The minimum atomic E-state index is -3.35. The third-order valence-corrected chi connectivity index (χ3v) is 5.11. The van der Waals surface area contributed by atoms with E-state index in [9.17, 15) is 13.2 Å². The van der Waals surface area contributed by atoms with Crippen LogP contribution in [-0.2, 0) is 22.1 Å². The molecule has 1 N–H and O–H groups in total. The number of furan rings is 1. The molecule has 1 amide bonds. The Bertz CT molecular complexity index is 1130. The Morgan fingerprint density at radius 3 is 2.59 bits per heavy atom. The van der Waals surface area contributed by atoms with Crippen LogP contribution in [0.3, 0.4) is 0 Å². The quantitative estimate of drug-likeness (QED) is 0.604. The molecular formula is C21H23NO6S. The zero-order chi connectivity index (χ0) is 21.0. The highest BCUT2D eigenvalue weighted by Gasteiger charge is 2.23. The smallest absolute Gasteiger partial charge is 0.287 e. The largest absolute Gasteiger partial charge is 0.493 e. The van der Waals surface area contributed by atoms with Gasteiger partial charge in [0.15, 0.2) is 27.1 Å². The predicted octanol–water partition coefficient (Wildman–Crippen LogP) is 3.31. The molecule has 0 radical (unpaired) electrons. The molecule has 0 saturated heterocycles. The van der Waals surface area contributed by atoms with Gasteiger partial charge in [0.25, 0.3) is 5.91 Å². The maximum atomic E-state index is 12.8. The zero-order valence-corrected chi connectivity index (χ0v) is 17.3. The number of amides is 1. The molecule has 29 heavy (non-hydrogen) atoms. The number of sulfone groups is 1. The number of nitrogens with one attached hydrogen (secondary N) is 1. The van der Waals surface area contributed by atoms with Crippen LogP contribution in [0.4, 0.5) is 0 Å². The van der Waals surface area contributed by atoms with E-state index in [4.69, 9.17) is 13.9 Å². The third kappa shape index (κ3) is 4.89. The summed E-state index contributed by atoms with van der Waals surface area (Å²) in [5.41, 5.74) is 1.64. The standard InChI is InChI=1S/C21H23NO6S/c1-4-27-18-10-9-14(11-19(18)26-2)12-22-21(23)20-16(13-29(3,24)25)15-7-5-6-8-17(15)28-20/h5-11H,4,12-13H2,1-3H3,(H,22,23). The molecule has 3 aromatic rings. The van der Waals surface area contributed by atoms with Gasteiger partial charge in [0.05, 0.1) is 19.5 Å². The third-order valence-electron chi connectivity index (χ3n) is 4.29. The molecule has 0 unspecified atom stereocenters. The summed E-state index contributed by atoms with van der Waals surface area (Å²) >= 11 is 0. The Morgan fingerprint density at radius 1 is 1.14 bits per heavy atom. The van der Waals surface area contributed by atoms with E-state index < -0.39 is 15.7 Å². The van der Waals surface area contributed by atoms with E-state index in [0.29, 0.717) is 34.6 Å². The lowest BCUT2D eigenvalue weighted by Gasteiger charge is -2.11. The van der Waals surface area contributed by atoms with Gasteiger partial charge >= 0.3 is 0 Å². The molecule has 1 heterocycles. The summed E-state index contributed by atoms with van der Waals surface area (Å²) in [7, 11) is -1.80. The number of ether oxygens (including phenoxy) is 2. The fraction of sp³-hybridized carbons (Fsp3) is 0.286. The van der Waals surface area contributed by atoms with Crippen molar-refractivity contribution in [2.24, 2.45) is 0 Å². The number of hydrogen-bond donors (Lipinski definition) is 1. The Hall–Kier alpha value is -3.00. The molecule has 2 aromatic carbocycles. The first-order valence-electron chi connectivity index (χ1n) is 9.08. The lowest BCUT2D eigenvalue weighted by molar-refractivity contribution is 0.0924. The van der Waals surface area contributed by atoms with E-state index in [2.05, 4.69) is 5.32 Å². The van der Waals surface area contributed by atoms with Crippen LogP contribution < -0.4 is 14.8 Å². The van der Waals surface area contributed by atoms with Crippen LogP contribution in [0.1, 0.15) is 28.6 Å². The minimum absolute atomic E-state index is 0.00882. The highest BCUT2D eigenvalue weighted by Crippen LogP contribution is 2.29. The molecule has 1 aromatic heterocycles. The molecule has 0 bridgehead atoms. The van der Waals surface area contributed by atoms with E-state index in [1.165, 1.54) is 0 Å². The van der Waals surface area contributed by atoms with Crippen LogP contribution in [-0.4, -0.2) is 34.3 Å². The maximum Gasteiger partial charge on any atom is 0.287 e. The summed E-state index contributed by atoms with van der Waals surface area (Å²) in [6.45, 7) is 2.62. The van der Waals surface area contributed by atoms with Crippen LogP contribution in [0.15, 0.2) is 46.9 Å². The van der Waals surface area contributed by atoms with Gasteiger partial charge in [-0.3, -0.25) is 4.79 Å². The van der Waals surface area contributed by atoms with Crippen LogP contribution >= 0.6 is 0 Å². The zero-order valence-electron chi connectivity index (χ0n) is 16.5. The second-order valence-electron chi connectivity index (χ2n) is 6.58. The van der Waals surface area contributed by atoms with Crippen LogP contribution in [0, 0.1) is 0 Å². The monoisotopic (exact) mass is 417 g/mol. The number of fused-ring (bicyclic) bond motifs is 1. The van der Waals surface area contributed by atoms with Gasteiger partial charge in [0.2, 0.25) is 0 Å². The highest BCUT2D eigenvalue weighted by atomic mass is 32.2. The van der Waals surface area contributed by atoms with Crippen molar-refractivity contribution in [1.82, 2.24) is 5.32 Å². The van der Waals surface area contributed by atoms with E-state index in [-0.39, 0.29) is 18.1 Å². The Labute approximate surface area is 169 Å². The summed E-state index contributed by atoms with van der Waals surface area (Å²) < 4.78 is 40.2. The SMILES string of the molecule is CCOc1ccc(CNC(=O)c2oc3ccccc3c2CS(C)(=O)=O)cc1OC. The van der Waals surface area contributed by atoms with E-state index in [1.807, 2.05) is 13.0 Å². The fourth-order valence-corrected chi connectivity index (χ4v) is 3.86. The van der Waals surface area contributed by atoms with Crippen molar-refractivity contribution >= 4 is 26.7 Å². The van der Waals surface area contributed by atoms with E-state index in [1.54, 1.807) is 43.5 Å². The number of para-hydroxylation sites is 1. The molecule has 0 aliphatic heterocycles. The topological polar surface area (TPSA) is 94.8 Å². The first-order chi connectivity index (χ1) is 13.8. The summed E-state index contributed by atoms with van der Waals surface area (Å²) in [5, 5.41) is 3.40. The van der Waals surface area contributed by atoms with Gasteiger partial charge in [-0.25, -0.2) is 8.42 Å². The second kappa shape index (κ2) is 8.57. The average molecular weight is 417 g/mol. The number of carbonyl (C=O) groups excluding carboxylic acids is 1. The van der Waals surface area contributed by atoms with Crippen molar-refractivity contribution in [1.29, 1.82) is 0 Å². The Kier molecular flexibility index (Phi) is 6.12. The summed E-state index contributed by atoms with van der Waals surface area (Å²) in [6, 6.07) is 12.4. The van der Waals surface area contributed by atoms with Crippen molar-refractivity contribution in [3.05, 3.63) is 59.4 Å². The number of hydrogen-bond acceptors (Lipinski definition) is 6. The highest BCUT2D eigenvalue weighted by molar-refractivity contribution is 7.89. The molecule has 0 aliphatic carbocycles. The normalized spacial score (nSPS) is 11.4. The maximum absolute atomic E-state index is 12.8. The summed E-state index contributed by atoms with van der Waals surface area (Å²) in [6.07, 6.45) is 1.13. The van der Waals surface area contributed by atoms with Crippen molar-refractivity contribution in [2.75, 3.05) is 20.0 Å². The first kappa shape index (κ1) is 20.7. The molecular weight excluding hydrogens is 394 g/mol. The molecule has 3 rings (SSSR count). The van der Waals surface area contributed by atoms with Gasteiger partial charge in [0.1, 0.15) is 5.58 Å². The minimum Gasteiger partial charge on any atom is -0.493 e. The number of methoxy groups -OCH3 is 1. The second-order valence-corrected chi connectivity index (χ2v) is 8.72. The van der Waals surface area contributed by atoms with E-state index in [0.717, 1.165) is 11.8 Å². The molecule has 8 heteroatoms. The van der Waals surface area contributed by atoms with Gasteiger partial charge in [-0.05, 0) is 30.7 Å². The van der Waals surface area contributed by atoms with Gasteiger partial charge in [-0.15, -0.1) is 0 Å². The molecule has 0 aliphatic rings. The Balaban J connectivity index is 1.84. The molecule has 0 fully saturated rings. The summed E-state index contributed by atoms with van der Waals surface area (Å²) in [5.74, 6) is 0.448. The van der Waals surface area contributed by atoms with Gasteiger partial charge < -0.3 is 19.2 Å². The number of benzene rings is 2. The molecule has 154 valence electrons. The molecule has 0 saturated carbocycles. The van der Waals surface area contributed by atoms with Crippen molar-refractivity contribution in [3.63, 3.8) is 0 Å². The number of rotatable bonds is 8. The first-order valence-corrected chi connectivity index (χ1v) is 11.1. The molecule has 0 spiro atoms. The van der Waals surface area contributed by atoms with Crippen LogP contribution in [0.5, 0.6) is 11.5 Å². The molecule has 0 atom stereocenters. The van der Waals surface area contributed by atoms with Gasteiger partial charge in [0, 0.05) is 23.8 Å². The van der Waals surface area contributed by atoms with Crippen LogP contribution in [0.2, 0.25) is 0 Å². The fourth-order valence-electron chi connectivity index (χ4n) is 3.05. The van der Waals surface area contributed by atoms with Crippen molar-refractivity contribution in [3.8, 4) is 11.5 Å². The van der Waals surface area contributed by atoms with E-state index >= 15 is 0 Å². The lowest BCUT2D eigenvalue weighted by atomic mass is 10.1. The van der Waals surface area contributed by atoms with Gasteiger partial charge in [-0.1, -0.05) is 24.3 Å². The summed E-state index contributed by atoms with van der Waals surface area (Å²) in [4.78, 5) is 12.8. The van der Waals surface area contributed by atoms with Crippen molar-refractivity contribution < 1.29 is 27.1 Å². The van der Waals surface area contributed by atoms with Gasteiger partial charge in [-0.2, -0.15) is 0 Å². The lowest BCUT2D eigenvalue weighted by Crippen LogP contribution is -2.23. The average Bonchev–Trinajstić information content (AvgIpc) is 3.04. The molecule has 7 nitrogen and oxygen atoms in total. The number of carbonyl (C=O) groups is 1.